The Balaban J connectivity index is 1.30. The van der Waals surface area contributed by atoms with Crippen molar-refractivity contribution >= 4 is 34.2 Å². The first-order chi connectivity index (χ1) is 12.6. The second-order valence-corrected chi connectivity index (χ2v) is 8.27. The maximum Gasteiger partial charge on any atom is 0.235 e. The van der Waals surface area contributed by atoms with Crippen LogP contribution in [0.25, 0.3) is 0 Å². The van der Waals surface area contributed by atoms with Crippen molar-refractivity contribution in [1.29, 1.82) is 0 Å². The molecular formula is C17H22N4O4S. The molecule has 4 rings (SSSR count). The summed E-state index contributed by atoms with van der Waals surface area (Å²) in [4.78, 5) is 38.2. The SMILES string of the molecule is O=C(CCN1C(=O)CC2(CCCC2)C1=O)Nc1nnc([C@@H]2CCCO2)s1. The van der Waals surface area contributed by atoms with Crippen LogP contribution in [0.2, 0.25) is 0 Å². The molecule has 1 atom stereocenters. The largest absolute Gasteiger partial charge is 0.371 e. The third-order valence-corrected chi connectivity index (χ3v) is 6.44. The second kappa shape index (κ2) is 7.03. The zero-order valence-corrected chi connectivity index (χ0v) is 15.3. The number of nitrogens with one attached hydrogen (secondary N) is 1. The van der Waals surface area contributed by atoms with Crippen molar-refractivity contribution in [1.82, 2.24) is 15.1 Å². The van der Waals surface area contributed by atoms with Gasteiger partial charge in [-0.3, -0.25) is 19.3 Å². The zero-order chi connectivity index (χ0) is 18.1. The van der Waals surface area contributed by atoms with Gasteiger partial charge in [0, 0.05) is 26.0 Å². The van der Waals surface area contributed by atoms with Gasteiger partial charge < -0.3 is 10.1 Å². The number of hydrogen-bond acceptors (Lipinski definition) is 7. The fourth-order valence-electron chi connectivity index (χ4n) is 4.11. The van der Waals surface area contributed by atoms with Crippen LogP contribution in [0.15, 0.2) is 0 Å². The van der Waals surface area contributed by atoms with Crippen LogP contribution in [-0.2, 0) is 19.1 Å². The van der Waals surface area contributed by atoms with E-state index in [1.807, 2.05) is 0 Å². The third kappa shape index (κ3) is 3.25. The van der Waals surface area contributed by atoms with Gasteiger partial charge in [0.15, 0.2) is 0 Å². The molecule has 3 amide bonds. The Morgan fingerprint density at radius 1 is 1.27 bits per heavy atom. The molecule has 1 aromatic heterocycles. The summed E-state index contributed by atoms with van der Waals surface area (Å²) in [6, 6.07) is 0. The lowest BCUT2D eigenvalue weighted by Gasteiger charge is -2.20. The molecule has 3 aliphatic rings. The van der Waals surface area contributed by atoms with E-state index in [9.17, 15) is 14.4 Å². The van der Waals surface area contributed by atoms with Crippen molar-refractivity contribution in [2.24, 2.45) is 5.41 Å². The fourth-order valence-corrected chi connectivity index (χ4v) is 4.96. The van der Waals surface area contributed by atoms with Crippen LogP contribution < -0.4 is 5.32 Å². The van der Waals surface area contributed by atoms with Crippen LogP contribution in [0.1, 0.15) is 62.5 Å². The lowest BCUT2D eigenvalue weighted by Crippen LogP contribution is -2.36. The van der Waals surface area contributed by atoms with Crippen LogP contribution in [0.5, 0.6) is 0 Å². The first-order valence-corrected chi connectivity index (χ1v) is 9.99. The number of carbonyl (C=O) groups is 3. The number of imide groups is 1. The summed E-state index contributed by atoms with van der Waals surface area (Å²) in [6.07, 6.45) is 5.84. The number of aromatic nitrogens is 2. The monoisotopic (exact) mass is 378 g/mol. The molecule has 0 unspecified atom stereocenters. The molecule has 1 N–H and O–H groups in total. The molecule has 0 aromatic carbocycles. The van der Waals surface area contributed by atoms with E-state index in [4.69, 9.17) is 4.74 Å². The normalized spacial score (nSPS) is 24.8. The number of hydrogen-bond donors (Lipinski definition) is 1. The molecule has 3 fully saturated rings. The quantitative estimate of drug-likeness (QED) is 0.787. The van der Waals surface area contributed by atoms with Gasteiger partial charge in [-0.1, -0.05) is 24.2 Å². The highest BCUT2D eigenvalue weighted by atomic mass is 32.1. The summed E-state index contributed by atoms with van der Waals surface area (Å²) in [7, 11) is 0. The van der Waals surface area contributed by atoms with Crippen LogP contribution in [0.3, 0.4) is 0 Å². The van der Waals surface area contributed by atoms with Crippen LogP contribution in [-0.4, -0.2) is 46.0 Å². The molecule has 2 saturated heterocycles. The smallest absolute Gasteiger partial charge is 0.235 e. The van der Waals surface area contributed by atoms with E-state index in [1.165, 1.54) is 16.2 Å². The number of carbonyl (C=O) groups excluding carboxylic acids is 3. The molecule has 26 heavy (non-hydrogen) atoms. The van der Waals surface area contributed by atoms with E-state index in [0.29, 0.717) is 11.6 Å². The lowest BCUT2D eigenvalue weighted by molar-refractivity contribution is -0.141. The van der Waals surface area contributed by atoms with E-state index in [1.54, 1.807) is 0 Å². The average molecular weight is 378 g/mol. The second-order valence-electron chi connectivity index (χ2n) is 7.26. The van der Waals surface area contributed by atoms with Gasteiger partial charge in [0.25, 0.3) is 0 Å². The number of amides is 3. The minimum atomic E-state index is -0.483. The van der Waals surface area contributed by atoms with Crippen molar-refractivity contribution in [2.75, 3.05) is 18.5 Å². The number of nitrogens with zero attached hydrogens (tertiary/aromatic N) is 3. The highest BCUT2D eigenvalue weighted by Crippen LogP contribution is 2.46. The zero-order valence-electron chi connectivity index (χ0n) is 14.5. The Morgan fingerprint density at radius 2 is 2.08 bits per heavy atom. The van der Waals surface area contributed by atoms with Crippen molar-refractivity contribution in [3.05, 3.63) is 5.01 Å². The van der Waals surface area contributed by atoms with Crippen molar-refractivity contribution in [2.45, 2.75) is 57.5 Å². The first kappa shape index (κ1) is 17.5. The summed E-state index contributed by atoms with van der Waals surface area (Å²) < 4.78 is 5.56. The Kier molecular flexibility index (Phi) is 4.74. The van der Waals surface area contributed by atoms with E-state index < -0.39 is 5.41 Å². The maximum atomic E-state index is 12.6. The van der Waals surface area contributed by atoms with Crippen molar-refractivity contribution in [3.63, 3.8) is 0 Å². The first-order valence-electron chi connectivity index (χ1n) is 9.17. The molecule has 1 spiro atoms. The summed E-state index contributed by atoms with van der Waals surface area (Å²) >= 11 is 1.31. The van der Waals surface area contributed by atoms with Gasteiger partial charge in [-0.25, -0.2) is 0 Å². The van der Waals surface area contributed by atoms with E-state index in [-0.39, 0.29) is 36.8 Å². The topological polar surface area (TPSA) is 101 Å². The third-order valence-electron chi connectivity index (χ3n) is 5.50. The Hall–Kier alpha value is -1.87. The molecule has 1 aromatic rings. The molecule has 0 bridgehead atoms. The standard InChI is InChI=1S/C17H22N4O4S/c22-12(18-16-20-19-14(26-16)11-4-3-9-25-11)5-8-21-13(23)10-17(15(21)24)6-1-2-7-17/h11H,1-10H2,(H,18,20,22)/t11-/m0/s1. The van der Waals surface area contributed by atoms with Gasteiger partial charge >= 0.3 is 0 Å². The van der Waals surface area contributed by atoms with E-state index in [0.717, 1.165) is 50.1 Å². The summed E-state index contributed by atoms with van der Waals surface area (Å²) in [5.74, 6) is -0.515. The molecule has 140 valence electrons. The van der Waals surface area contributed by atoms with Gasteiger partial charge in [0.2, 0.25) is 22.9 Å². The fraction of sp³-hybridized carbons (Fsp3) is 0.706. The van der Waals surface area contributed by atoms with E-state index >= 15 is 0 Å². The summed E-state index contributed by atoms with van der Waals surface area (Å²) in [6.45, 7) is 0.855. The molecule has 1 saturated carbocycles. The van der Waals surface area contributed by atoms with Gasteiger partial charge in [-0.05, 0) is 25.7 Å². The van der Waals surface area contributed by atoms with E-state index in [2.05, 4.69) is 15.5 Å². The molecule has 9 heteroatoms. The Labute approximate surface area is 155 Å². The molecule has 3 heterocycles. The number of ether oxygens (including phenoxy) is 1. The summed E-state index contributed by atoms with van der Waals surface area (Å²) in [5.41, 5.74) is -0.483. The minimum Gasteiger partial charge on any atom is -0.371 e. The van der Waals surface area contributed by atoms with Gasteiger partial charge in [-0.15, -0.1) is 10.2 Å². The Bertz CT molecular complexity index is 722. The number of likely N-dealkylation sites (tertiary alicyclic amines) is 1. The average Bonchev–Trinajstić information content (AvgIpc) is 3.38. The Morgan fingerprint density at radius 3 is 2.81 bits per heavy atom. The van der Waals surface area contributed by atoms with Crippen molar-refractivity contribution < 1.29 is 19.1 Å². The highest BCUT2D eigenvalue weighted by molar-refractivity contribution is 7.15. The molecule has 2 aliphatic heterocycles. The van der Waals surface area contributed by atoms with Gasteiger partial charge in [-0.2, -0.15) is 0 Å². The number of rotatable bonds is 5. The van der Waals surface area contributed by atoms with Crippen LogP contribution in [0.4, 0.5) is 5.13 Å². The predicted octanol–water partition coefficient (Wildman–Crippen LogP) is 2.04. The van der Waals surface area contributed by atoms with Crippen LogP contribution >= 0.6 is 11.3 Å². The van der Waals surface area contributed by atoms with Crippen LogP contribution in [0, 0.1) is 5.41 Å². The number of anilines is 1. The van der Waals surface area contributed by atoms with Crippen molar-refractivity contribution in [3.8, 4) is 0 Å². The minimum absolute atomic E-state index is 0.0272. The van der Waals surface area contributed by atoms with Gasteiger partial charge in [0.05, 0.1) is 5.41 Å². The summed E-state index contributed by atoms with van der Waals surface area (Å²) in [5, 5.41) is 11.9. The molecule has 1 aliphatic carbocycles. The van der Waals surface area contributed by atoms with Gasteiger partial charge in [0.1, 0.15) is 11.1 Å². The predicted molar refractivity (Wildman–Crippen MR) is 93.3 cm³/mol. The lowest BCUT2D eigenvalue weighted by atomic mass is 9.84. The maximum absolute atomic E-state index is 12.6. The molecular weight excluding hydrogens is 356 g/mol. The highest BCUT2D eigenvalue weighted by Gasteiger charge is 2.52. The molecule has 0 radical (unpaired) electrons. The molecule has 8 nitrogen and oxygen atoms in total.